The van der Waals surface area contributed by atoms with Crippen LogP contribution in [0.15, 0.2) is 0 Å². The molecule has 0 atom stereocenters. The standard InChI is InChI=1S/C14H29N3/c15-8-13-17(14-6-1-2-7-14)12-5-11-16-9-3-4-10-16/h14H,1-13,15H2. The third-order valence-corrected chi connectivity index (χ3v) is 4.38. The highest BCUT2D eigenvalue weighted by Gasteiger charge is 2.21. The summed E-state index contributed by atoms with van der Waals surface area (Å²) in [7, 11) is 0. The van der Waals surface area contributed by atoms with E-state index in [1.807, 2.05) is 0 Å². The van der Waals surface area contributed by atoms with Gasteiger partial charge in [-0.1, -0.05) is 12.8 Å². The van der Waals surface area contributed by atoms with E-state index < -0.39 is 0 Å². The van der Waals surface area contributed by atoms with Gasteiger partial charge >= 0.3 is 0 Å². The van der Waals surface area contributed by atoms with Crippen molar-refractivity contribution in [1.82, 2.24) is 9.80 Å². The fraction of sp³-hybridized carbons (Fsp3) is 1.00. The minimum atomic E-state index is 0.820. The van der Waals surface area contributed by atoms with Crippen molar-refractivity contribution in [3.05, 3.63) is 0 Å². The zero-order valence-corrected chi connectivity index (χ0v) is 11.2. The molecule has 1 saturated heterocycles. The molecule has 2 fully saturated rings. The quantitative estimate of drug-likeness (QED) is 0.733. The van der Waals surface area contributed by atoms with Gasteiger partial charge < -0.3 is 10.6 Å². The van der Waals surface area contributed by atoms with Gasteiger partial charge in [0, 0.05) is 19.1 Å². The lowest BCUT2D eigenvalue weighted by Crippen LogP contribution is -2.39. The molecule has 0 amide bonds. The lowest BCUT2D eigenvalue weighted by molar-refractivity contribution is 0.190. The van der Waals surface area contributed by atoms with E-state index in [9.17, 15) is 0 Å². The van der Waals surface area contributed by atoms with Crippen molar-refractivity contribution in [1.29, 1.82) is 0 Å². The smallest absolute Gasteiger partial charge is 0.0108 e. The van der Waals surface area contributed by atoms with E-state index >= 15 is 0 Å². The number of nitrogens with zero attached hydrogens (tertiary/aromatic N) is 2. The van der Waals surface area contributed by atoms with E-state index in [1.165, 1.54) is 71.1 Å². The average Bonchev–Trinajstić information content (AvgIpc) is 3.01. The van der Waals surface area contributed by atoms with E-state index in [0.717, 1.165) is 19.1 Å². The van der Waals surface area contributed by atoms with Gasteiger partial charge in [0.2, 0.25) is 0 Å². The van der Waals surface area contributed by atoms with E-state index in [1.54, 1.807) is 0 Å². The molecule has 0 aromatic rings. The van der Waals surface area contributed by atoms with Gasteiger partial charge in [-0.05, 0) is 58.3 Å². The Labute approximate surface area is 106 Å². The van der Waals surface area contributed by atoms with Crippen LogP contribution in [0.1, 0.15) is 44.9 Å². The number of rotatable bonds is 7. The van der Waals surface area contributed by atoms with E-state index in [0.29, 0.717) is 0 Å². The van der Waals surface area contributed by atoms with E-state index in [4.69, 9.17) is 5.73 Å². The Kier molecular flexibility index (Phi) is 5.75. The topological polar surface area (TPSA) is 32.5 Å². The number of hydrogen-bond acceptors (Lipinski definition) is 3. The lowest BCUT2D eigenvalue weighted by Gasteiger charge is -2.29. The maximum Gasteiger partial charge on any atom is 0.0108 e. The summed E-state index contributed by atoms with van der Waals surface area (Å²) in [5.41, 5.74) is 5.74. The Bertz CT molecular complexity index is 196. The predicted molar refractivity (Wildman–Crippen MR) is 73.2 cm³/mol. The van der Waals surface area contributed by atoms with Crippen molar-refractivity contribution >= 4 is 0 Å². The number of hydrogen-bond donors (Lipinski definition) is 1. The molecule has 3 nitrogen and oxygen atoms in total. The summed E-state index contributed by atoms with van der Waals surface area (Å²) in [6, 6.07) is 0.845. The normalized spacial score (nSPS) is 22.9. The summed E-state index contributed by atoms with van der Waals surface area (Å²) in [4.78, 5) is 5.28. The van der Waals surface area contributed by atoms with Gasteiger partial charge in [0.1, 0.15) is 0 Å². The fourth-order valence-corrected chi connectivity index (χ4v) is 3.42. The fourth-order valence-electron chi connectivity index (χ4n) is 3.42. The molecule has 1 saturated carbocycles. The van der Waals surface area contributed by atoms with Crippen LogP contribution >= 0.6 is 0 Å². The molecule has 100 valence electrons. The average molecular weight is 239 g/mol. The van der Waals surface area contributed by atoms with Crippen molar-refractivity contribution in [2.45, 2.75) is 51.0 Å². The summed E-state index contributed by atoms with van der Waals surface area (Å²) < 4.78 is 0. The largest absolute Gasteiger partial charge is 0.329 e. The van der Waals surface area contributed by atoms with Gasteiger partial charge in [-0.25, -0.2) is 0 Å². The molecule has 0 bridgehead atoms. The molecule has 0 unspecified atom stereocenters. The third-order valence-electron chi connectivity index (χ3n) is 4.38. The zero-order chi connectivity index (χ0) is 11.9. The van der Waals surface area contributed by atoms with Crippen LogP contribution in [0.25, 0.3) is 0 Å². The molecule has 3 heteroatoms. The molecule has 1 aliphatic heterocycles. The minimum Gasteiger partial charge on any atom is -0.329 e. The molecular formula is C14H29N3. The van der Waals surface area contributed by atoms with Crippen molar-refractivity contribution in [2.75, 3.05) is 39.3 Å². The van der Waals surface area contributed by atoms with Gasteiger partial charge in [-0.2, -0.15) is 0 Å². The molecule has 0 radical (unpaired) electrons. The Hall–Kier alpha value is -0.120. The van der Waals surface area contributed by atoms with Gasteiger partial charge in [0.15, 0.2) is 0 Å². The van der Waals surface area contributed by atoms with E-state index in [-0.39, 0.29) is 0 Å². The zero-order valence-electron chi connectivity index (χ0n) is 11.2. The highest BCUT2D eigenvalue weighted by Crippen LogP contribution is 2.23. The minimum absolute atomic E-state index is 0.820. The number of likely N-dealkylation sites (tertiary alicyclic amines) is 1. The molecule has 0 aromatic heterocycles. The summed E-state index contributed by atoms with van der Waals surface area (Å²) >= 11 is 0. The van der Waals surface area contributed by atoms with Crippen LogP contribution in [0.3, 0.4) is 0 Å². The molecule has 1 heterocycles. The van der Waals surface area contributed by atoms with Gasteiger partial charge in [-0.15, -0.1) is 0 Å². The predicted octanol–water partition coefficient (Wildman–Crippen LogP) is 1.68. The Morgan fingerprint density at radius 3 is 2.35 bits per heavy atom. The maximum absolute atomic E-state index is 5.74. The summed E-state index contributed by atoms with van der Waals surface area (Å²) in [5, 5.41) is 0. The Balaban J connectivity index is 1.65. The van der Waals surface area contributed by atoms with Crippen LogP contribution in [0.4, 0.5) is 0 Å². The molecule has 2 N–H and O–H groups in total. The first-order valence-corrected chi connectivity index (χ1v) is 7.56. The molecule has 1 aliphatic carbocycles. The lowest BCUT2D eigenvalue weighted by atomic mass is 10.2. The Morgan fingerprint density at radius 2 is 1.71 bits per heavy atom. The van der Waals surface area contributed by atoms with Gasteiger partial charge in [0.05, 0.1) is 0 Å². The Morgan fingerprint density at radius 1 is 1.00 bits per heavy atom. The van der Waals surface area contributed by atoms with Crippen LogP contribution in [-0.2, 0) is 0 Å². The first-order chi connectivity index (χ1) is 8.40. The molecular weight excluding hydrogens is 210 g/mol. The molecule has 0 aromatic carbocycles. The summed E-state index contributed by atoms with van der Waals surface area (Å²) in [5.74, 6) is 0. The molecule has 0 spiro atoms. The molecule has 17 heavy (non-hydrogen) atoms. The molecule has 2 aliphatic rings. The van der Waals surface area contributed by atoms with Gasteiger partial charge in [-0.3, -0.25) is 4.90 Å². The van der Waals surface area contributed by atoms with Crippen LogP contribution in [-0.4, -0.2) is 55.1 Å². The van der Waals surface area contributed by atoms with Crippen LogP contribution in [0.2, 0.25) is 0 Å². The maximum atomic E-state index is 5.74. The number of nitrogens with two attached hydrogens (primary N) is 1. The molecule has 2 rings (SSSR count). The third kappa shape index (κ3) is 4.23. The van der Waals surface area contributed by atoms with Crippen molar-refractivity contribution in [2.24, 2.45) is 5.73 Å². The van der Waals surface area contributed by atoms with Crippen molar-refractivity contribution in [3.8, 4) is 0 Å². The first-order valence-electron chi connectivity index (χ1n) is 7.56. The first kappa shape index (κ1) is 13.3. The van der Waals surface area contributed by atoms with Crippen molar-refractivity contribution < 1.29 is 0 Å². The SMILES string of the molecule is NCCN(CCCN1CCCC1)C1CCCC1. The summed E-state index contributed by atoms with van der Waals surface area (Å²) in [6.45, 7) is 7.15. The van der Waals surface area contributed by atoms with Crippen molar-refractivity contribution in [3.63, 3.8) is 0 Å². The summed E-state index contributed by atoms with van der Waals surface area (Å²) in [6.07, 6.45) is 9.82. The monoisotopic (exact) mass is 239 g/mol. The van der Waals surface area contributed by atoms with Crippen LogP contribution in [0, 0.1) is 0 Å². The van der Waals surface area contributed by atoms with Gasteiger partial charge in [0.25, 0.3) is 0 Å². The highest BCUT2D eigenvalue weighted by atomic mass is 15.2. The second-order valence-electron chi connectivity index (χ2n) is 5.67. The van der Waals surface area contributed by atoms with Crippen LogP contribution in [0.5, 0.6) is 0 Å². The van der Waals surface area contributed by atoms with E-state index in [2.05, 4.69) is 9.80 Å². The second kappa shape index (κ2) is 7.34. The second-order valence-corrected chi connectivity index (χ2v) is 5.67. The van der Waals surface area contributed by atoms with Crippen LogP contribution < -0.4 is 5.73 Å². The highest BCUT2D eigenvalue weighted by molar-refractivity contribution is 4.78.